The number of amides is 1. The lowest BCUT2D eigenvalue weighted by Crippen LogP contribution is -2.53. The molecule has 0 aliphatic carbocycles. The number of ketones is 1. The van der Waals surface area contributed by atoms with Crippen molar-refractivity contribution >= 4 is 11.7 Å². The van der Waals surface area contributed by atoms with E-state index in [-0.39, 0.29) is 18.3 Å². The van der Waals surface area contributed by atoms with Gasteiger partial charge >= 0.3 is 0 Å². The second kappa shape index (κ2) is 7.30. The van der Waals surface area contributed by atoms with E-state index in [9.17, 15) is 9.59 Å². The van der Waals surface area contributed by atoms with E-state index in [1.807, 2.05) is 56.3 Å². The molecule has 146 valence electrons. The van der Waals surface area contributed by atoms with Gasteiger partial charge in [-0.15, -0.1) is 0 Å². The number of Topliss-reactive ketones (excluding diaryl/α,β-unsaturated/α-hetero) is 1. The van der Waals surface area contributed by atoms with Crippen molar-refractivity contribution in [3.05, 3.63) is 59.2 Å². The molecule has 1 amide bonds. The van der Waals surface area contributed by atoms with Crippen LogP contribution >= 0.6 is 0 Å². The maximum Gasteiger partial charge on any atom is 0.260 e. The van der Waals surface area contributed by atoms with E-state index < -0.39 is 5.60 Å². The number of carbonyl (C=O) groups is 2. The SMILES string of the molecule is Cc1cc2c(cc1C)C(=O)CC1(CCN(C(=O)COc3ccccc3)CC1)O2. The van der Waals surface area contributed by atoms with Crippen molar-refractivity contribution in [2.45, 2.75) is 38.7 Å². The first kappa shape index (κ1) is 18.5. The van der Waals surface area contributed by atoms with Crippen molar-refractivity contribution in [3.63, 3.8) is 0 Å². The largest absolute Gasteiger partial charge is 0.486 e. The first-order valence-corrected chi connectivity index (χ1v) is 9.75. The first-order chi connectivity index (χ1) is 13.5. The summed E-state index contributed by atoms with van der Waals surface area (Å²) in [6, 6.07) is 13.2. The average Bonchev–Trinajstić information content (AvgIpc) is 2.69. The van der Waals surface area contributed by atoms with Gasteiger partial charge in [-0.3, -0.25) is 9.59 Å². The topological polar surface area (TPSA) is 55.8 Å². The fourth-order valence-electron chi connectivity index (χ4n) is 3.94. The Morgan fingerprint density at radius 3 is 2.50 bits per heavy atom. The molecule has 0 saturated carbocycles. The first-order valence-electron chi connectivity index (χ1n) is 9.75. The van der Waals surface area contributed by atoms with Gasteiger partial charge in [-0.25, -0.2) is 0 Å². The van der Waals surface area contributed by atoms with Gasteiger partial charge in [0.25, 0.3) is 5.91 Å². The number of para-hydroxylation sites is 1. The molecule has 0 N–H and O–H groups in total. The van der Waals surface area contributed by atoms with Gasteiger partial charge in [0.2, 0.25) is 0 Å². The van der Waals surface area contributed by atoms with Crippen LogP contribution in [0.25, 0.3) is 0 Å². The number of rotatable bonds is 3. The van der Waals surface area contributed by atoms with E-state index in [0.29, 0.717) is 49.4 Å². The average molecular weight is 379 g/mol. The van der Waals surface area contributed by atoms with E-state index in [1.165, 1.54) is 0 Å². The Morgan fingerprint density at radius 2 is 1.79 bits per heavy atom. The molecule has 4 rings (SSSR count). The fourth-order valence-corrected chi connectivity index (χ4v) is 3.94. The molecule has 2 aromatic carbocycles. The highest BCUT2D eigenvalue weighted by molar-refractivity contribution is 6.00. The maximum absolute atomic E-state index is 12.7. The zero-order valence-corrected chi connectivity index (χ0v) is 16.4. The van der Waals surface area contributed by atoms with Gasteiger partial charge in [-0.1, -0.05) is 18.2 Å². The van der Waals surface area contributed by atoms with Crippen molar-refractivity contribution in [1.82, 2.24) is 4.90 Å². The molecule has 0 bridgehead atoms. The van der Waals surface area contributed by atoms with Crippen molar-refractivity contribution in [2.75, 3.05) is 19.7 Å². The number of aryl methyl sites for hydroxylation is 2. The minimum Gasteiger partial charge on any atom is -0.486 e. The summed E-state index contributed by atoms with van der Waals surface area (Å²) in [5, 5.41) is 0. The molecule has 2 heterocycles. The van der Waals surface area contributed by atoms with Crippen LogP contribution in [0.2, 0.25) is 0 Å². The van der Waals surface area contributed by atoms with Crippen LogP contribution in [0.4, 0.5) is 0 Å². The number of nitrogens with zero attached hydrogens (tertiary/aromatic N) is 1. The summed E-state index contributed by atoms with van der Waals surface area (Å²) >= 11 is 0. The summed E-state index contributed by atoms with van der Waals surface area (Å²) in [5.41, 5.74) is 2.41. The third-order valence-corrected chi connectivity index (χ3v) is 5.84. The van der Waals surface area contributed by atoms with Crippen molar-refractivity contribution in [1.29, 1.82) is 0 Å². The Morgan fingerprint density at radius 1 is 1.11 bits per heavy atom. The van der Waals surface area contributed by atoms with Crippen LogP contribution in [-0.2, 0) is 4.79 Å². The number of hydrogen-bond donors (Lipinski definition) is 0. The van der Waals surface area contributed by atoms with E-state index in [1.54, 1.807) is 4.90 Å². The smallest absolute Gasteiger partial charge is 0.260 e. The third kappa shape index (κ3) is 3.61. The summed E-state index contributed by atoms with van der Waals surface area (Å²) in [6.07, 6.45) is 1.69. The van der Waals surface area contributed by atoms with Gasteiger partial charge in [-0.2, -0.15) is 0 Å². The minimum atomic E-state index is -0.497. The maximum atomic E-state index is 12.7. The van der Waals surface area contributed by atoms with Crippen LogP contribution in [-0.4, -0.2) is 41.9 Å². The number of benzene rings is 2. The van der Waals surface area contributed by atoms with E-state index in [0.717, 1.165) is 11.1 Å². The summed E-state index contributed by atoms with van der Waals surface area (Å²) in [5.74, 6) is 1.48. The monoisotopic (exact) mass is 379 g/mol. The predicted molar refractivity (Wildman–Crippen MR) is 106 cm³/mol. The van der Waals surface area contributed by atoms with Crippen LogP contribution in [0, 0.1) is 13.8 Å². The molecule has 5 heteroatoms. The molecule has 0 atom stereocenters. The zero-order chi connectivity index (χ0) is 19.7. The number of piperidine rings is 1. The molecule has 0 radical (unpaired) electrons. The molecule has 1 spiro atoms. The Hall–Kier alpha value is -2.82. The lowest BCUT2D eigenvalue weighted by Gasteiger charge is -2.44. The molecule has 0 aromatic heterocycles. The number of carbonyl (C=O) groups excluding carboxylic acids is 2. The van der Waals surface area contributed by atoms with Crippen molar-refractivity contribution in [2.24, 2.45) is 0 Å². The summed E-state index contributed by atoms with van der Waals surface area (Å²) in [6.45, 7) is 5.21. The summed E-state index contributed by atoms with van der Waals surface area (Å²) < 4.78 is 11.9. The highest BCUT2D eigenvalue weighted by atomic mass is 16.5. The Bertz CT molecular complexity index is 898. The van der Waals surface area contributed by atoms with Crippen LogP contribution in [0.1, 0.15) is 40.7 Å². The van der Waals surface area contributed by atoms with Crippen LogP contribution in [0.5, 0.6) is 11.5 Å². The van der Waals surface area contributed by atoms with E-state index in [4.69, 9.17) is 9.47 Å². The number of hydrogen-bond acceptors (Lipinski definition) is 4. The van der Waals surface area contributed by atoms with Gasteiger partial charge in [-0.05, 0) is 49.2 Å². The lowest BCUT2D eigenvalue weighted by atomic mass is 9.82. The second-order valence-electron chi connectivity index (χ2n) is 7.80. The molecular formula is C23H25NO4. The summed E-state index contributed by atoms with van der Waals surface area (Å²) in [4.78, 5) is 27.0. The molecule has 1 saturated heterocycles. The van der Waals surface area contributed by atoms with Gasteiger partial charge in [0.15, 0.2) is 12.4 Å². The highest BCUT2D eigenvalue weighted by Gasteiger charge is 2.43. The molecule has 2 aromatic rings. The van der Waals surface area contributed by atoms with Crippen molar-refractivity contribution < 1.29 is 19.1 Å². The Labute approximate surface area is 165 Å². The van der Waals surface area contributed by atoms with E-state index >= 15 is 0 Å². The van der Waals surface area contributed by atoms with Gasteiger partial charge < -0.3 is 14.4 Å². The van der Waals surface area contributed by atoms with Crippen LogP contribution in [0.15, 0.2) is 42.5 Å². The third-order valence-electron chi connectivity index (χ3n) is 5.84. The highest BCUT2D eigenvalue weighted by Crippen LogP contribution is 2.40. The van der Waals surface area contributed by atoms with Gasteiger partial charge in [0.05, 0.1) is 12.0 Å². The summed E-state index contributed by atoms with van der Waals surface area (Å²) in [7, 11) is 0. The predicted octanol–water partition coefficient (Wildman–Crippen LogP) is 3.71. The number of ether oxygens (including phenoxy) is 2. The fraction of sp³-hybridized carbons (Fsp3) is 0.391. The number of fused-ring (bicyclic) bond motifs is 1. The molecule has 28 heavy (non-hydrogen) atoms. The van der Waals surface area contributed by atoms with Gasteiger partial charge in [0.1, 0.15) is 17.1 Å². The molecular weight excluding hydrogens is 354 g/mol. The molecule has 0 unspecified atom stereocenters. The Balaban J connectivity index is 1.39. The Kier molecular flexibility index (Phi) is 4.84. The minimum absolute atomic E-state index is 0.0259. The lowest BCUT2D eigenvalue weighted by molar-refractivity contribution is -0.136. The van der Waals surface area contributed by atoms with Gasteiger partial charge in [0, 0.05) is 25.9 Å². The quantitative estimate of drug-likeness (QED) is 0.816. The molecule has 1 fully saturated rings. The molecule has 2 aliphatic heterocycles. The van der Waals surface area contributed by atoms with Crippen LogP contribution in [0.3, 0.4) is 0 Å². The normalized spacial score (nSPS) is 17.8. The number of likely N-dealkylation sites (tertiary alicyclic amines) is 1. The van der Waals surface area contributed by atoms with Crippen molar-refractivity contribution in [3.8, 4) is 11.5 Å². The molecule has 5 nitrogen and oxygen atoms in total. The van der Waals surface area contributed by atoms with E-state index in [2.05, 4.69) is 0 Å². The molecule has 2 aliphatic rings. The standard InChI is InChI=1S/C23H25NO4/c1-16-12-19-20(25)14-23(28-21(19)13-17(16)2)8-10-24(11-9-23)22(26)15-27-18-6-4-3-5-7-18/h3-7,12-13H,8-11,14-15H2,1-2H3. The zero-order valence-electron chi connectivity index (χ0n) is 16.4. The van der Waals surface area contributed by atoms with Crippen LogP contribution < -0.4 is 9.47 Å². The second-order valence-corrected chi connectivity index (χ2v) is 7.80.